The van der Waals surface area contributed by atoms with Crippen LogP contribution in [-0.2, 0) is 9.53 Å². The molecule has 1 saturated heterocycles. The Balaban J connectivity index is 1.69. The van der Waals surface area contributed by atoms with Crippen molar-refractivity contribution >= 4 is 6.41 Å². The minimum atomic E-state index is 0.169. The summed E-state index contributed by atoms with van der Waals surface area (Å²) in [5, 5.41) is 3.11. The van der Waals surface area contributed by atoms with Crippen molar-refractivity contribution in [3.05, 3.63) is 0 Å². The standard InChI is InChI=1S/C14H21NO2/c16-9-15-12-10-4-3-5-11(12)14-7-2-1-6-13(14,8-10)17-14/h9-12H,1-8H2,(H,15,16)/t10-,11-,12+,13+,14+/m0/s1. The molecule has 4 rings (SSSR count). The van der Waals surface area contributed by atoms with Crippen LogP contribution in [0.15, 0.2) is 0 Å². The normalized spacial score (nSPS) is 55.4. The summed E-state index contributed by atoms with van der Waals surface area (Å²) in [5.41, 5.74) is 0.408. The lowest BCUT2D eigenvalue weighted by Crippen LogP contribution is -2.57. The molecule has 3 heteroatoms. The van der Waals surface area contributed by atoms with Crippen LogP contribution in [0.25, 0.3) is 0 Å². The van der Waals surface area contributed by atoms with Gasteiger partial charge in [-0.05, 0) is 38.0 Å². The molecule has 0 unspecified atom stereocenters. The topological polar surface area (TPSA) is 41.6 Å². The van der Waals surface area contributed by atoms with Crippen molar-refractivity contribution in [2.75, 3.05) is 0 Å². The van der Waals surface area contributed by atoms with Crippen LogP contribution >= 0.6 is 0 Å². The summed E-state index contributed by atoms with van der Waals surface area (Å²) >= 11 is 0. The third-order valence-corrected chi connectivity index (χ3v) is 5.97. The van der Waals surface area contributed by atoms with Crippen LogP contribution in [0.5, 0.6) is 0 Å². The fourth-order valence-corrected chi connectivity index (χ4v) is 5.37. The first kappa shape index (κ1) is 10.4. The van der Waals surface area contributed by atoms with Crippen LogP contribution in [0.2, 0.25) is 0 Å². The number of hydrogen-bond donors (Lipinski definition) is 1. The second-order valence-electron chi connectivity index (χ2n) is 6.50. The van der Waals surface area contributed by atoms with E-state index in [1.807, 2.05) is 0 Å². The predicted octanol–water partition coefficient (Wildman–Crippen LogP) is 2.00. The molecule has 1 heterocycles. The zero-order valence-corrected chi connectivity index (χ0v) is 10.3. The monoisotopic (exact) mass is 235 g/mol. The molecule has 4 fully saturated rings. The Morgan fingerprint density at radius 1 is 1.18 bits per heavy atom. The van der Waals surface area contributed by atoms with Gasteiger partial charge in [-0.2, -0.15) is 0 Å². The summed E-state index contributed by atoms with van der Waals surface area (Å²) in [6, 6.07) is 0.398. The van der Waals surface area contributed by atoms with Crippen LogP contribution in [0.4, 0.5) is 0 Å². The van der Waals surface area contributed by atoms with Crippen molar-refractivity contribution in [1.82, 2.24) is 5.32 Å². The summed E-state index contributed by atoms with van der Waals surface area (Å²) < 4.78 is 6.35. The molecule has 0 radical (unpaired) electrons. The Hall–Kier alpha value is -0.570. The Kier molecular flexibility index (Phi) is 1.98. The summed E-state index contributed by atoms with van der Waals surface area (Å²) in [6.45, 7) is 0. The van der Waals surface area contributed by atoms with Gasteiger partial charge < -0.3 is 10.1 Å². The predicted molar refractivity (Wildman–Crippen MR) is 63.5 cm³/mol. The van der Waals surface area contributed by atoms with Crippen LogP contribution in [0.1, 0.15) is 51.4 Å². The quantitative estimate of drug-likeness (QED) is 0.587. The number of nitrogens with one attached hydrogen (secondary N) is 1. The Bertz CT molecular complexity index is 358. The summed E-state index contributed by atoms with van der Waals surface area (Å²) in [6.07, 6.45) is 11.1. The lowest BCUT2D eigenvalue weighted by atomic mass is 9.56. The Labute approximate surface area is 102 Å². The van der Waals surface area contributed by atoms with E-state index in [1.165, 1.54) is 51.4 Å². The zero-order chi connectivity index (χ0) is 11.5. The van der Waals surface area contributed by atoms with Gasteiger partial charge in [-0.1, -0.05) is 19.3 Å². The van der Waals surface area contributed by atoms with Gasteiger partial charge in [0, 0.05) is 12.0 Å². The van der Waals surface area contributed by atoms with E-state index in [9.17, 15) is 4.79 Å². The first-order valence-corrected chi connectivity index (χ1v) is 7.21. The third kappa shape index (κ3) is 1.14. The number of amides is 1. The third-order valence-electron chi connectivity index (χ3n) is 5.97. The maximum atomic E-state index is 10.8. The summed E-state index contributed by atoms with van der Waals surface area (Å²) in [7, 11) is 0. The van der Waals surface area contributed by atoms with E-state index in [4.69, 9.17) is 4.74 Å². The molecular weight excluding hydrogens is 214 g/mol. The maximum Gasteiger partial charge on any atom is 0.207 e. The molecule has 0 aromatic heterocycles. The highest BCUT2D eigenvalue weighted by atomic mass is 16.6. The largest absolute Gasteiger partial charge is 0.362 e. The van der Waals surface area contributed by atoms with E-state index < -0.39 is 0 Å². The number of ether oxygens (including phenoxy) is 1. The molecule has 0 aromatic carbocycles. The van der Waals surface area contributed by atoms with E-state index in [0.29, 0.717) is 17.9 Å². The van der Waals surface area contributed by atoms with Crippen LogP contribution in [0, 0.1) is 11.8 Å². The molecule has 4 aliphatic rings. The Morgan fingerprint density at radius 3 is 2.94 bits per heavy atom. The SMILES string of the molecule is O=CN[C@@H]1[C@H]2CCC[C@@H]1[C@]13CCCC[C@]1(C2)O3. The van der Waals surface area contributed by atoms with Gasteiger partial charge in [0.1, 0.15) is 5.60 Å². The minimum Gasteiger partial charge on any atom is -0.362 e. The number of carbonyl (C=O) groups excluding carboxylic acids is 1. The average molecular weight is 235 g/mol. The number of epoxide rings is 1. The van der Waals surface area contributed by atoms with Gasteiger partial charge in [0.25, 0.3) is 0 Å². The fraction of sp³-hybridized carbons (Fsp3) is 0.929. The molecule has 5 atom stereocenters. The molecular formula is C14H21NO2. The lowest BCUT2D eigenvalue weighted by Gasteiger charge is -2.48. The number of fused-ring (bicyclic) bond motifs is 2. The summed E-state index contributed by atoms with van der Waals surface area (Å²) in [5.74, 6) is 1.27. The number of hydrogen-bond acceptors (Lipinski definition) is 2. The maximum absolute atomic E-state index is 10.8. The first-order valence-electron chi connectivity index (χ1n) is 7.21. The number of rotatable bonds is 2. The molecule has 2 bridgehead atoms. The van der Waals surface area contributed by atoms with Crippen molar-refractivity contribution in [3.8, 4) is 0 Å². The van der Waals surface area contributed by atoms with Gasteiger partial charge in [-0.3, -0.25) is 4.79 Å². The summed E-state index contributed by atoms with van der Waals surface area (Å²) in [4.78, 5) is 10.8. The van der Waals surface area contributed by atoms with E-state index in [-0.39, 0.29) is 11.2 Å². The minimum absolute atomic E-state index is 0.169. The molecule has 1 amide bonds. The van der Waals surface area contributed by atoms with Gasteiger partial charge in [-0.25, -0.2) is 0 Å². The highest BCUT2D eigenvalue weighted by molar-refractivity contribution is 5.48. The van der Waals surface area contributed by atoms with Crippen molar-refractivity contribution in [1.29, 1.82) is 0 Å². The van der Waals surface area contributed by atoms with E-state index >= 15 is 0 Å². The average Bonchev–Trinajstić information content (AvgIpc) is 3.00. The van der Waals surface area contributed by atoms with Gasteiger partial charge in [0.15, 0.2) is 0 Å². The second-order valence-corrected chi connectivity index (χ2v) is 6.50. The van der Waals surface area contributed by atoms with Crippen LogP contribution in [0.3, 0.4) is 0 Å². The van der Waals surface area contributed by atoms with E-state index in [0.717, 1.165) is 6.41 Å². The van der Waals surface area contributed by atoms with Crippen molar-refractivity contribution < 1.29 is 9.53 Å². The van der Waals surface area contributed by atoms with E-state index in [2.05, 4.69) is 5.32 Å². The van der Waals surface area contributed by atoms with E-state index in [1.54, 1.807) is 0 Å². The highest BCUT2D eigenvalue weighted by Gasteiger charge is 2.77. The molecule has 0 spiro atoms. The van der Waals surface area contributed by atoms with Crippen molar-refractivity contribution in [2.45, 2.75) is 68.6 Å². The van der Waals surface area contributed by atoms with Gasteiger partial charge in [-0.15, -0.1) is 0 Å². The number of carbonyl (C=O) groups is 1. The molecule has 1 N–H and O–H groups in total. The molecule has 3 nitrogen and oxygen atoms in total. The molecule has 0 aromatic rings. The molecule has 1 aliphatic heterocycles. The smallest absolute Gasteiger partial charge is 0.207 e. The Morgan fingerprint density at radius 2 is 2.06 bits per heavy atom. The van der Waals surface area contributed by atoms with Gasteiger partial charge in [0.05, 0.1) is 5.60 Å². The molecule has 94 valence electrons. The molecule has 17 heavy (non-hydrogen) atoms. The molecule has 3 saturated carbocycles. The van der Waals surface area contributed by atoms with Crippen LogP contribution < -0.4 is 5.32 Å². The molecule has 3 aliphatic carbocycles. The first-order chi connectivity index (χ1) is 8.31. The van der Waals surface area contributed by atoms with Crippen LogP contribution in [-0.4, -0.2) is 23.7 Å². The van der Waals surface area contributed by atoms with Crippen molar-refractivity contribution in [2.24, 2.45) is 11.8 Å². The second kappa shape index (κ2) is 3.25. The fourth-order valence-electron chi connectivity index (χ4n) is 5.37. The van der Waals surface area contributed by atoms with Gasteiger partial charge >= 0.3 is 0 Å². The zero-order valence-electron chi connectivity index (χ0n) is 10.3. The van der Waals surface area contributed by atoms with Crippen molar-refractivity contribution in [3.63, 3.8) is 0 Å². The lowest BCUT2D eigenvalue weighted by molar-refractivity contribution is -0.111. The van der Waals surface area contributed by atoms with Gasteiger partial charge in [0.2, 0.25) is 6.41 Å². The highest BCUT2D eigenvalue weighted by Crippen LogP contribution is 2.70.